The lowest BCUT2D eigenvalue weighted by molar-refractivity contribution is 0.266. The SMILES string of the molecule is CC(CCO)CNc1ncncc1Br. The van der Waals surface area contributed by atoms with Crippen LogP contribution in [0.2, 0.25) is 0 Å². The number of rotatable bonds is 5. The number of aliphatic hydroxyl groups is 1. The molecule has 0 saturated carbocycles. The van der Waals surface area contributed by atoms with E-state index >= 15 is 0 Å². The van der Waals surface area contributed by atoms with Crippen LogP contribution in [0.4, 0.5) is 5.82 Å². The van der Waals surface area contributed by atoms with Gasteiger partial charge in [-0.05, 0) is 28.3 Å². The number of aliphatic hydroxyl groups excluding tert-OH is 1. The van der Waals surface area contributed by atoms with Gasteiger partial charge in [0.15, 0.2) is 0 Å². The van der Waals surface area contributed by atoms with Crippen molar-refractivity contribution in [1.29, 1.82) is 0 Å². The van der Waals surface area contributed by atoms with E-state index in [9.17, 15) is 0 Å². The van der Waals surface area contributed by atoms with Crippen molar-refractivity contribution in [3.8, 4) is 0 Å². The lowest BCUT2D eigenvalue weighted by atomic mass is 10.1. The molecule has 0 aliphatic carbocycles. The maximum absolute atomic E-state index is 8.73. The van der Waals surface area contributed by atoms with Crippen LogP contribution < -0.4 is 5.32 Å². The van der Waals surface area contributed by atoms with Gasteiger partial charge in [0.05, 0.1) is 4.47 Å². The third kappa shape index (κ3) is 3.59. The number of nitrogens with zero attached hydrogens (tertiary/aromatic N) is 2. The first-order valence-corrected chi connectivity index (χ1v) is 5.33. The molecule has 78 valence electrons. The summed E-state index contributed by atoms with van der Waals surface area (Å²) in [6, 6.07) is 0. The van der Waals surface area contributed by atoms with Gasteiger partial charge >= 0.3 is 0 Å². The first-order valence-electron chi connectivity index (χ1n) is 4.54. The van der Waals surface area contributed by atoms with Gasteiger partial charge in [-0.3, -0.25) is 0 Å². The van der Waals surface area contributed by atoms with Gasteiger partial charge in [-0.25, -0.2) is 9.97 Å². The predicted octanol–water partition coefficient (Wildman–Crippen LogP) is 1.67. The Morgan fingerprint density at radius 1 is 1.64 bits per heavy atom. The highest BCUT2D eigenvalue weighted by molar-refractivity contribution is 9.10. The largest absolute Gasteiger partial charge is 0.396 e. The molecule has 0 fully saturated rings. The van der Waals surface area contributed by atoms with E-state index in [1.807, 2.05) is 0 Å². The molecule has 4 nitrogen and oxygen atoms in total. The number of hydrogen-bond donors (Lipinski definition) is 2. The average molecular weight is 260 g/mol. The van der Waals surface area contributed by atoms with Gasteiger partial charge in [-0.15, -0.1) is 0 Å². The van der Waals surface area contributed by atoms with Gasteiger partial charge in [-0.2, -0.15) is 0 Å². The normalized spacial score (nSPS) is 12.5. The van der Waals surface area contributed by atoms with E-state index in [0.717, 1.165) is 23.3 Å². The van der Waals surface area contributed by atoms with Crippen LogP contribution in [0.15, 0.2) is 17.0 Å². The Hall–Kier alpha value is -0.680. The molecule has 1 heterocycles. The van der Waals surface area contributed by atoms with Gasteiger partial charge in [0, 0.05) is 19.3 Å². The Morgan fingerprint density at radius 2 is 2.43 bits per heavy atom. The summed E-state index contributed by atoms with van der Waals surface area (Å²) in [5.41, 5.74) is 0. The van der Waals surface area contributed by atoms with Crippen molar-refractivity contribution in [2.75, 3.05) is 18.5 Å². The van der Waals surface area contributed by atoms with Crippen LogP contribution in [0.25, 0.3) is 0 Å². The molecule has 1 aromatic rings. The average Bonchev–Trinajstić information content (AvgIpc) is 2.17. The molecule has 0 aliphatic rings. The Kier molecular flexibility index (Phi) is 4.82. The molecular weight excluding hydrogens is 246 g/mol. The molecule has 0 spiro atoms. The molecule has 0 aromatic carbocycles. The smallest absolute Gasteiger partial charge is 0.143 e. The van der Waals surface area contributed by atoms with Gasteiger partial charge < -0.3 is 10.4 Å². The zero-order valence-corrected chi connectivity index (χ0v) is 9.66. The lowest BCUT2D eigenvalue weighted by Crippen LogP contribution is -2.13. The second-order valence-corrected chi connectivity index (χ2v) is 4.07. The zero-order chi connectivity index (χ0) is 10.4. The highest BCUT2D eigenvalue weighted by Gasteiger charge is 2.03. The summed E-state index contributed by atoms with van der Waals surface area (Å²) in [4.78, 5) is 7.95. The standard InChI is InChI=1S/C9H14BrN3O/c1-7(2-3-14)4-12-9-8(10)5-11-6-13-9/h5-7,14H,2-4H2,1H3,(H,11,12,13). The monoisotopic (exact) mass is 259 g/mol. The molecule has 2 N–H and O–H groups in total. The summed E-state index contributed by atoms with van der Waals surface area (Å²) in [5, 5.41) is 11.9. The van der Waals surface area contributed by atoms with Gasteiger partial charge in [-0.1, -0.05) is 6.92 Å². The Labute approximate surface area is 91.9 Å². The minimum absolute atomic E-state index is 0.230. The molecule has 0 amide bonds. The van der Waals surface area contributed by atoms with Crippen LogP contribution in [-0.4, -0.2) is 28.2 Å². The number of hydrogen-bond acceptors (Lipinski definition) is 4. The van der Waals surface area contributed by atoms with Gasteiger partial charge in [0.25, 0.3) is 0 Å². The number of halogens is 1. The predicted molar refractivity (Wildman–Crippen MR) is 59.1 cm³/mol. The summed E-state index contributed by atoms with van der Waals surface area (Å²) in [5.74, 6) is 1.23. The van der Waals surface area contributed by atoms with E-state index in [1.54, 1.807) is 6.20 Å². The Balaban J connectivity index is 2.41. The van der Waals surface area contributed by atoms with Crippen molar-refractivity contribution in [2.45, 2.75) is 13.3 Å². The zero-order valence-electron chi connectivity index (χ0n) is 8.07. The number of nitrogens with one attached hydrogen (secondary N) is 1. The maximum atomic E-state index is 8.73. The summed E-state index contributed by atoms with van der Waals surface area (Å²) < 4.78 is 0.858. The first-order chi connectivity index (χ1) is 6.74. The molecule has 1 rings (SSSR count). The highest BCUT2D eigenvalue weighted by atomic mass is 79.9. The fraction of sp³-hybridized carbons (Fsp3) is 0.556. The molecule has 0 saturated heterocycles. The molecule has 5 heteroatoms. The van der Waals surface area contributed by atoms with Crippen molar-refractivity contribution < 1.29 is 5.11 Å². The number of aromatic nitrogens is 2. The van der Waals surface area contributed by atoms with E-state index in [0.29, 0.717) is 5.92 Å². The van der Waals surface area contributed by atoms with E-state index in [4.69, 9.17) is 5.11 Å². The highest BCUT2D eigenvalue weighted by Crippen LogP contribution is 2.17. The second-order valence-electron chi connectivity index (χ2n) is 3.22. The molecule has 14 heavy (non-hydrogen) atoms. The molecule has 0 bridgehead atoms. The quantitative estimate of drug-likeness (QED) is 0.845. The second kappa shape index (κ2) is 5.93. The summed E-state index contributed by atoms with van der Waals surface area (Å²) in [6.45, 7) is 3.11. The maximum Gasteiger partial charge on any atom is 0.143 e. The van der Waals surface area contributed by atoms with Gasteiger partial charge in [0.1, 0.15) is 12.1 Å². The van der Waals surface area contributed by atoms with Crippen molar-refractivity contribution in [2.24, 2.45) is 5.92 Å². The van der Waals surface area contributed by atoms with Gasteiger partial charge in [0.2, 0.25) is 0 Å². The van der Waals surface area contributed by atoms with Crippen LogP contribution in [0.1, 0.15) is 13.3 Å². The molecule has 1 atom stereocenters. The van der Waals surface area contributed by atoms with Crippen molar-refractivity contribution in [1.82, 2.24) is 9.97 Å². The van der Waals surface area contributed by atoms with Crippen molar-refractivity contribution in [3.63, 3.8) is 0 Å². The first kappa shape index (κ1) is 11.4. The van der Waals surface area contributed by atoms with Crippen molar-refractivity contribution in [3.05, 3.63) is 17.0 Å². The minimum Gasteiger partial charge on any atom is -0.396 e. The van der Waals surface area contributed by atoms with Crippen LogP contribution >= 0.6 is 15.9 Å². The van der Waals surface area contributed by atoms with E-state index in [2.05, 4.69) is 38.1 Å². The molecule has 1 aromatic heterocycles. The fourth-order valence-corrected chi connectivity index (χ4v) is 1.40. The van der Waals surface area contributed by atoms with E-state index in [1.165, 1.54) is 6.33 Å². The Morgan fingerprint density at radius 3 is 3.07 bits per heavy atom. The molecule has 0 radical (unpaired) electrons. The van der Waals surface area contributed by atoms with Crippen LogP contribution in [0.5, 0.6) is 0 Å². The van der Waals surface area contributed by atoms with Crippen LogP contribution in [0, 0.1) is 5.92 Å². The third-order valence-corrected chi connectivity index (χ3v) is 2.49. The van der Waals surface area contributed by atoms with E-state index in [-0.39, 0.29) is 6.61 Å². The molecular formula is C9H14BrN3O. The molecule has 0 aliphatic heterocycles. The number of anilines is 1. The molecule has 1 unspecified atom stereocenters. The summed E-state index contributed by atoms with van der Waals surface area (Å²) in [6.07, 6.45) is 4.01. The van der Waals surface area contributed by atoms with Crippen molar-refractivity contribution >= 4 is 21.7 Å². The summed E-state index contributed by atoms with van der Waals surface area (Å²) >= 11 is 3.35. The van der Waals surface area contributed by atoms with Crippen LogP contribution in [-0.2, 0) is 0 Å². The van der Waals surface area contributed by atoms with Crippen LogP contribution in [0.3, 0.4) is 0 Å². The fourth-order valence-electron chi connectivity index (χ4n) is 1.04. The minimum atomic E-state index is 0.230. The summed E-state index contributed by atoms with van der Waals surface area (Å²) in [7, 11) is 0. The Bertz CT molecular complexity index is 283. The topological polar surface area (TPSA) is 58.0 Å². The van der Waals surface area contributed by atoms with E-state index < -0.39 is 0 Å². The third-order valence-electron chi connectivity index (χ3n) is 1.91. The lowest BCUT2D eigenvalue weighted by Gasteiger charge is -2.11.